The average molecular weight is 319 g/mol. The van der Waals surface area contributed by atoms with Crippen LogP contribution in [0.2, 0.25) is 0 Å². The Labute approximate surface area is 127 Å². The lowest BCUT2D eigenvalue weighted by Gasteiger charge is -2.29. The zero-order valence-corrected chi connectivity index (χ0v) is 13.2. The maximum Gasteiger partial charge on any atom is 0.326 e. The molecule has 2 N–H and O–H groups in total. The van der Waals surface area contributed by atoms with Gasteiger partial charge in [0.1, 0.15) is 12.6 Å². The second-order valence-corrected chi connectivity index (χ2v) is 5.90. The molecule has 0 spiro atoms. The fraction of sp³-hybridized carbons (Fsp3) is 0.692. The predicted octanol–water partition coefficient (Wildman–Crippen LogP) is 1.07. The number of thioether (sulfide) groups is 1. The van der Waals surface area contributed by atoms with E-state index >= 15 is 0 Å². The smallest absolute Gasteiger partial charge is 0.326 e. The van der Waals surface area contributed by atoms with Crippen molar-refractivity contribution in [2.45, 2.75) is 39.7 Å². The minimum Gasteiger partial charge on any atom is -0.480 e. The van der Waals surface area contributed by atoms with Crippen molar-refractivity contribution < 1.29 is 29.4 Å². The van der Waals surface area contributed by atoms with Gasteiger partial charge in [-0.05, 0) is 6.42 Å². The minimum atomic E-state index is -1.27. The summed E-state index contributed by atoms with van der Waals surface area (Å²) in [6.45, 7) is 4.02. The molecule has 0 aliphatic heterocycles. The molecule has 0 aliphatic carbocycles. The molecule has 0 heterocycles. The van der Waals surface area contributed by atoms with Crippen LogP contribution >= 0.6 is 11.8 Å². The zero-order valence-electron chi connectivity index (χ0n) is 12.4. The van der Waals surface area contributed by atoms with E-state index in [1.54, 1.807) is 13.8 Å². The number of hydrogen-bond acceptors (Lipinski definition) is 5. The zero-order chi connectivity index (χ0) is 16.6. The van der Waals surface area contributed by atoms with E-state index < -0.39 is 36.4 Å². The number of aliphatic carboxylic acids is 2. The largest absolute Gasteiger partial charge is 0.480 e. The fourth-order valence-corrected chi connectivity index (χ4v) is 2.40. The number of carbonyl (C=O) groups excluding carboxylic acids is 2. The highest BCUT2D eigenvalue weighted by Crippen LogP contribution is 2.16. The molecular weight excluding hydrogens is 298 g/mol. The predicted molar refractivity (Wildman–Crippen MR) is 78.0 cm³/mol. The van der Waals surface area contributed by atoms with Crippen molar-refractivity contribution in [3.8, 4) is 0 Å². The normalized spacial score (nSPS) is 13.3. The summed E-state index contributed by atoms with van der Waals surface area (Å²) in [7, 11) is 0. The molecule has 0 fully saturated rings. The van der Waals surface area contributed by atoms with Crippen molar-refractivity contribution in [1.82, 2.24) is 4.90 Å². The fourth-order valence-electron chi connectivity index (χ4n) is 1.77. The van der Waals surface area contributed by atoms with Crippen molar-refractivity contribution >= 4 is 34.7 Å². The highest BCUT2D eigenvalue weighted by Gasteiger charge is 2.33. The Morgan fingerprint density at radius 2 is 1.76 bits per heavy atom. The van der Waals surface area contributed by atoms with E-state index in [0.29, 0.717) is 6.42 Å². The third-order valence-corrected chi connectivity index (χ3v) is 3.84. The second kappa shape index (κ2) is 9.38. The van der Waals surface area contributed by atoms with E-state index in [4.69, 9.17) is 5.11 Å². The van der Waals surface area contributed by atoms with Gasteiger partial charge in [-0.3, -0.25) is 14.4 Å². The van der Waals surface area contributed by atoms with Gasteiger partial charge in [0.25, 0.3) is 0 Å². The molecule has 2 atom stereocenters. The van der Waals surface area contributed by atoms with E-state index in [9.17, 15) is 24.3 Å². The molecule has 0 saturated carbocycles. The van der Waals surface area contributed by atoms with Crippen LogP contribution in [0.1, 0.15) is 33.6 Å². The van der Waals surface area contributed by atoms with Gasteiger partial charge in [-0.2, -0.15) is 0 Å². The molecule has 120 valence electrons. The van der Waals surface area contributed by atoms with Crippen molar-refractivity contribution in [2.75, 3.05) is 12.3 Å². The molecule has 0 aromatic heterocycles. The summed E-state index contributed by atoms with van der Waals surface area (Å²) in [4.78, 5) is 46.2. The minimum absolute atomic E-state index is 0.150. The van der Waals surface area contributed by atoms with Crippen LogP contribution in [0, 0.1) is 5.92 Å². The van der Waals surface area contributed by atoms with Crippen LogP contribution < -0.4 is 0 Å². The van der Waals surface area contributed by atoms with E-state index in [0.717, 1.165) is 16.7 Å². The Morgan fingerprint density at radius 1 is 1.19 bits per heavy atom. The summed E-state index contributed by atoms with van der Waals surface area (Å²) in [5.74, 6) is -3.48. The van der Waals surface area contributed by atoms with Crippen molar-refractivity contribution in [1.29, 1.82) is 0 Å². The lowest BCUT2D eigenvalue weighted by molar-refractivity contribution is -0.156. The Bertz CT molecular complexity index is 411. The van der Waals surface area contributed by atoms with Gasteiger partial charge in [-0.1, -0.05) is 32.0 Å². The summed E-state index contributed by atoms with van der Waals surface area (Å²) in [6, 6.07) is -1.16. The van der Waals surface area contributed by atoms with Gasteiger partial charge >= 0.3 is 11.9 Å². The van der Waals surface area contributed by atoms with Crippen molar-refractivity contribution in [3.63, 3.8) is 0 Å². The highest BCUT2D eigenvalue weighted by atomic mass is 32.2. The number of nitrogens with zero attached hydrogens (tertiary/aromatic N) is 1. The summed E-state index contributed by atoms with van der Waals surface area (Å²) in [5, 5.41) is 17.9. The Kier molecular flexibility index (Phi) is 8.68. The van der Waals surface area contributed by atoms with Crippen LogP contribution in [0.15, 0.2) is 0 Å². The molecule has 0 bridgehead atoms. The highest BCUT2D eigenvalue weighted by molar-refractivity contribution is 8.13. The second-order valence-electron chi connectivity index (χ2n) is 4.71. The van der Waals surface area contributed by atoms with E-state index in [-0.39, 0.29) is 17.3 Å². The standard InChI is InChI=1S/C13H21NO6S/c1-4-5-10(13(19)20)14(6-11(16)17)12(18)8(2)7-21-9(3)15/h8,10H,4-7H2,1-3H3,(H,16,17)(H,19,20)/t8-,10-/m1/s1. The molecule has 0 aliphatic rings. The Hall–Kier alpha value is -1.57. The first-order valence-electron chi connectivity index (χ1n) is 6.59. The number of rotatable bonds is 9. The molecule has 0 rings (SSSR count). The van der Waals surface area contributed by atoms with Gasteiger partial charge < -0.3 is 15.1 Å². The summed E-state index contributed by atoms with van der Waals surface area (Å²) in [6.07, 6.45) is 0.692. The Morgan fingerprint density at radius 3 is 2.14 bits per heavy atom. The summed E-state index contributed by atoms with van der Waals surface area (Å²) in [5.41, 5.74) is 0. The molecule has 0 saturated heterocycles. The van der Waals surface area contributed by atoms with Gasteiger partial charge in [0.15, 0.2) is 5.12 Å². The maximum atomic E-state index is 12.3. The first-order valence-corrected chi connectivity index (χ1v) is 7.57. The number of carboxylic acids is 2. The third kappa shape index (κ3) is 7.12. The summed E-state index contributed by atoms with van der Waals surface area (Å²) >= 11 is 0.956. The first kappa shape index (κ1) is 19.4. The molecule has 0 radical (unpaired) electrons. The van der Waals surface area contributed by atoms with Crippen LogP contribution in [-0.4, -0.2) is 56.4 Å². The van der Waals surface area contributed by atoms with Gasteiger partial charge in [0.05, 0.1) is 0 Å². The van der Waals surface area contributed by atoms with Gasteiger partial charge in [0, 0.05) is 18.6 Å². The molecule has 0 aromatic carbocycles. The quantitative estimate of drug-likeness (QED) is 0.653. The van der Waals surface area contributed by atoms with Gasteiger partial charge in [0.2, 0.25) is 5.91 Å². The van der Waals surface area contributed by atoms with Gasteiger partial charge in [-0.15, -0.1) is 0 Å². The van der Waals surface area contributed by atoms with Crippen LogP contribution in [0.5, 0.6) is 0 Å². The maximum absolute atomic E-state index is 12.3. The average Bonchev–Trinajstić information content (AvgIpc) is 2.38. The van der Waals surface area contributed by atoms with Crippen molar-refractivity contribution in [2.24, 2.45) is 5.92 Å². The van der Waals surface area contributed by atoms with Crippen LogP contribution in [0.3, 0.4) is 0 Å². The van der Waals surface area contributed by atoms with E-state index in [1.165, 1.54) is 6.92 Å². The van der Waals surface area contributed by atoms with Crippen LogP contribution in [0.25, 0.3) is 0 Å². The van der Waals surface area contributed by atoms with E-state index in [2.05, 4.69) is 0 Å². The van der Waals surface area contributed by atoms with Gasteiger partial charge in [-0.25, -0.2) is 4.79 Å². The first-order chi connectivity index (χ1) is 9.70. The van der Waals surface area contributed by atoms with E-state index in [1.807, 2.05) is 0 Å². The van der Waals surface area contributed by atoms with Crippen LogP contribution in [0.4, 0.5) is 0 Å². The molecule has 0 unspecified atom stereocenters. The number of carbonyl (C=O) groups is 4. The molecule has 1 amide bonds. The molecule has 0 aromatic rings. The lowest BCUT2D eigenvalue weighted by Crippen LogP contribution is -2.49. The SMILES string of the molecule is CCC[C@H](C(=O)O)N(CC(=O)O)C(=O)[C@H](C)CSC(C)=O. The Balaban J connectivity index is 5.09. The molecular formula is C13H21NO6S. The number of carboxylic acid groups (broad SMARTS) is 2. The summed E-state index contributed by atoms with van der Waals surface area (Å²) < 4.78 is 0. The number of hydrogen-bond donors (Lipinski definition) is 2. The molecule has 21 heavy (non-hydrogen) atoms. The topological polar surface area (TPSA) is 112 Å². The molecule has 7 nitrogen and oxygen atoms in total. The van der Waals surface area contributed by atoms with Crippen molar-refractivity contribution in [3.05, 3.63) is 0 Å². The lowest BCUT2D eigenvalue weighted by atomic mass is 10.1. The van der Waals surface area contributed by atoms with Crippen LogP contribution in [-0.2, 0) is 19.2 Å². The third-order valence-electron chi connectivity index (χ3n) is 2.77. The molecule has 8 heteroatoms. The monoisotopic (exact) mass is 319 g/mol. The number of amides is 1.